The quantitative estimate of drug-likeness (QED) is 0.880. The molecule has 2 fully saturated rings. The van der Waals surface area contributed by atoms with Crippen LogP contribution in [0.5, 0.6) is 0 Å². The molecule has 2 heterocycles. The lowest BCUT2D eigenvalue weighted by Crippen LogP contribution is -2.39. The Kier molecular flexibility index (Phi) is 3.20. The van der Waals surface area contributed by atoms with Gasteiger partial charge in [0.25, 0.3) is 0 Å². The average molecular weight is 246 g/mol. The molecule has 0 bridgehead atoms. The predicted octanol–water partition coefficient (Wildman–Crippen LogP) is 1.81. The molecule has 1 N–H and O–H groups in total. The predicted molar refractivity (Wildman–Crippen MR) is 72.9 cm³/mol. The Morgan fingerprint density at radius 2 is 1.94 bits per heavy atom. The Hall–Kier alpha value is -1.16. The van der Waals surface area contributed by atoms with Crippen LogP contribution in [0.2, 0.25) is 0 Å². The molecule has 98 valence electrons. The molecule has 1 aromatic rings. The van der Waals surface area contributed by atoms with E-state index in [2.05, 4.69) is 20.2 Å². The van der Waals surface area contributed by atoms with Gasteiger partial charge in [-0.25, -0.2) is 9.97 Å². The Labute approximate surface area is 109 Å². The van der Waals surface area contributed by atoms with Gasteiger partial charge in [-0.05, 0) is 45.6 Å². The first-order valence-corrected chi connectivity index (χ1v) is 7.05. The van der Waals surface area contributed by atoms with Gasteiger partial charge in [0.2, 0.25) is 5.95 Å². The molecule has 3 rings (SSSR count). The van der Waals surface area contributed by atoms with Gasteiger partial charge in [0, 0.05) is 36.6 Å². The summed E-state index contributed by atoms with van der Waals surface area (Å²) < 4.78 is 0. The minimum absolute atomic E-state index is 0.576. The molecule has 1 unspecified atom stereocenters. The molecule has 2 aliphatic rings. The summed E-state index contributed by atoms with van der Waals surface area (Å²) in [6.45, 7) is 6.28. The molecule has 0 amide bonds. The van der Waals surface area contributed by atoms with Crippen molar-refractivity contribution < 1.29 is 0 Å². The van der Waals surface area contributed by atoms with Gasteiger partial charge in [0.15, 0.2) is 0 Å². The summed E-state index contributed by atoms with van der Waals surface area (Å²) in [5, 5.41) is 3.63. The second-order valence-electron chi connectivity index (χ2n) is 5.62. The van der Waals surface area contributed by atoms with E-state index in [1.807, 2.05) is 19.9 Å². The van der Waals surface area contributed by atoms with Crippen molar-refractivity contribution >= 4 is 5.95 Å². The Bertz CT molecular complexity index is 408. The van der Waals surface area contributed by atoms with Crippen LogP contribution in [0.1, 0.15) is 37.1 Å². The zero-order chi connectivity index (χ0) is 12.5. The third kappa shape index (κ3) is 2.64. The number of nitrogens with one attached hydrogen (secondary N) is 1. The standard InChI is InChI=1S/C14H22N4/c1-10-8-11(2)17-14(16-10)18-7-3-4-13(18)9-15-12-5-6-12/h8,12-13,15H,3-7,9H2,1-2H3. The first kappa shape index (κ1) is 11.9. The fourth-order valence-corrected chi connectivity index (χ4v) is 2.74. The van der Waals surface area contributed by atoms with Gasteiger partial charge in [-0.15, -0.1) is 0 Å². The summed E-state index contributed by atoms with van der Waals surface area (Å²) in [6, 6.07) is 3.40. The van der Waals surface area contributed by atoms with Gasteiger partial charge < -0.3 is 10.2 Å². The highest BCUT2D eigenvalue weighted by molar-refractivity contribution is 5.35. The lowest BCUT2D eigenvalue weighted by Gasteiger charge is -2.25. The second kappa shape index (κ2) is 4.84. The molecule has 1 atom stereocenters. The van der Waals surface area contributed by atoms with E-state index in [-0.39, 0.29) is 0 Å². The van der Waals surface area contributed by atoms with E-state index in [4.69, 9.17) is 0 Å². The summed E-state index contributed by atoms with van der Waals surface area (Å²) in [5.41, 5.74) is 2.14. The number of rotatable bonds is 4. The summed E-state index contributed by atoms with van der Waals surface area (Å²) in [7, 11) is 0. The maximum absolute atomic E-state index is 4.60. The van der Waals surface area contributed by atoms with Crippen molar-refractivity contribution in [3.05, 3.63) is 17.5 Å². The van der Waals surface area contributed by atoms with E-state index in [1.165, 1.54) is 25.7 Å². The summed E-state index contributed by atoms with van der Waals surface area (Å²) >= 11 is 0. The number of aryl methyl sites for hydroxylation is 2. The van der Waals surface area contributed by atoms with Gasteiger partial charge in [0.1, 0.15) is 0 Å². The fraction of sp³-hybridized carbons (Fsp3) is 0.714. The van der Waals surface area contributed by atoms with Gasteiger partial charge in [-0.1, -0.05) is 0 Å². The van der Waals surface area contributed by atoms with Crippen LogP contribution >= 0.6 is 0 Å². The van der Waals surface area contributed by atoms with Crippen molar-refractivity contribution in [3.63, 3.8) is 0 Å². The van der Waals surface area contributed by atoms with Crippen molar-refractivity contribution in [2.24, 2.45) is 0 Å². The molecule has 1 aliphatic carbocycles. The zero-order valence-corrected chi connectivity index (χ0v) is 11.3. The maximum Gasteiger partial charge on any atom is 0.226 e. The van der Waals surface area contributed by atoms with Gasteiger partial charge in [0.05, 0.1) is 0 Å². The Morgan fingerprint density at radius 3 is 2.61 bits per heavy atom. The van der Waals surface area contributed by atoms with E-state index < -0.39 is 0 Å². The van der Waals surface area contributed by atoms with Crippen LogP contribution < -0.4 is 10.2 Å². The molecule has 0 spiro atoms. The first-order valence-electron chi connectivity index (χ1n) is 7.05. The number of hydrogen-bond acceptors (Lipinski definition) is 4. The zero-order valence-electron chi connectivity index (χ0n) is 11.3. The summed E-state index contributed by atoms with van der Waals surface area (Å²) in [6.07, 6.45) is 5.23. The normalized spacial score (nSPS) is 23.7. The molecule has 0 aromatic carbocycles. The molecule has 1 saturated heterocycles. The van der Waals surface area contributed by atoms with E-state index >= 15 is 0 Å². The molecule has 1 saturated carbocycles. The average Bonchev–Trinajstić information content (AvgIpc) is 3.02. The lowest BCUT2D eigenvalue weighted by molar-refractivity contribution is 0.565. The summed E-state index contributed by atoms with van der Waals surface area (Å²) in [4.78, 5) is 11.6. The van der Waals surface area contributed by atoms with Crippen molar-refractivity contribution in [1.29, 1.82) is 0 Å². The topological polar surface area (TPSA) is 41.1 Å². The number of nitrogens with zero attached hydrogens (tertiary/aromatic N) is 3. The highest BCUT2D eigenvalue weighted by Gasteiger charge is 2.29. The van der Waals surface area contributed by atoms with Crippen LogP contribution in [0.15, 0.2) is 6.07 Å². The van der Waals surface area contributed by atoms with Gasteiger partial charge >= 0.3 is 0 Å². The molecular weight excluding hydrogens is 224 g/mol. The number of aromatic nitrogens is 2. The highest BCUT2D eigenvalue weighted by Crippen LogP contribution is 2.24. The van der Waals surface area contributed by atoms with Gasteiger partial charge in [-0.2, -0.15) is 0 Å². The van der Waals surface area contributed by atoms with E-state index in [0.29, 0.717) is 6.04 Å². The van der Waals surface area contributed by atoms with Crippen molar-refractivity contribution in [3.8, 4) is 0 Å². The van der Waals surface area contributed by atoms with Crippen LogP contribution in [0, 0.1) is 13.8 Å². The SMILES string of the molecule is Cc1cc(C)nc(N2CCCC2CNC2CC2)n1. The molecular formula is C14H22N4. The summed E-state index contributed by atoms with van der Waals surface area (Å²) in [5.74, 6) is 0.924. The van der Waals surface area contributed by atoms with Crippen LogP contribution in [0.3, 0.4) is 0 Å². The monoisotopic (exact) mass is 246 g/mol. The molecule has 4 nitrogen and oxygen atoms in total. The fourth-order valence-electron chi connectivity index (χ4n) is 2.74. The van der Waals surface area contributed by atoms with Crippen molar-refractivity contribution in [1.82, 2.24) is 15.3 Å². The minimum Gasteiger partial charge on any atom is -0.337 e. The highest BCUT2D eigenvalue weighted by atomic mass is 15.3. The van der Waals surface area contributed by atoms with E-state index in [1.54, 1.807) is 0 Å². The van der Waals surface area contributed by atoms with E-state index in [9.17, 15) is 0 Å². The molecule has 18 heavy (non-hydrogen) atoms. The van der Waals surface area contributed by atoms with Gasteiger partial charge in [-0.3, -0.25) is 0 Å². The van der Waals surface area contributed by atoms with Crippen LogP contribution in [-0.2, 0) is 0 Å². The van der Waals surface area contributed by atoms with Crippen LogP contribution in [-0.4, -0.2) is 35.1 Å². The third-order valence-electron chi connectivity index (χ3n) is 3.82. The molecule has 0 radical (unpaired) electrons. The lowest BCUT2D eigenvalue weighted by atomic mass is 10.2. The molecule has 1 aromatic heterocycles. The van der Waals surface area contributed by atoms with Crippen LogP contribution in [0.25, 0.3) is 0 Å². The second-order valence-corrected chi connectivity index (χ2v) is 5.62. The maximum atomic E-state index is 4.60. The number of anilines is 1. The van der Waals surface area contributed by atoms with Crippen molar-refractivity contribution in [2.75, 3.05) is 18.0 Å². The Morgan fingerprint density at radius 1 is 1.22 bits per heavy atom. The number of hydrogen-bond donors (Lipinski definition) is 1. The third-order valence-corrected chi connectivity index (χ3v) is 3.82. The van der Waals surface area contributed by atoms with E-state index in [0.717, 1.165) is 36.5 Å². The minimum atomic E-state index is 0.576. The largest absolute Gasteiger partial charge is 0.337 e. The first-order chi connectivity index (χ1) is 8.72. The van der Waals surface area contributed by atoms with Crippen LogP contribution in [0.4, 0.5) is 5.95 Å². The Balaban J connectivity index is 1.71. The van der Waals surface area contributed by atoms with Crippen molar-refractivity contribution in [2.45, 2.75) is 51.6 Å². The molecule has 4 heteroatoms. The molecule has 1 aliphatic heterocycles. The smallest absolute Gasteiger partial charge is 0.226 e.